The zero-order valence-corrected chi connectivity index (χ0v) is 12.8. The molecule has 0 radical (unpaired) electrons. The first-order valence-electron chi connectivity index (χ1n) is 5.77. The Bertz CT molecular complexity index is 700. The van der Waals surface area contributed by atoms with Gasteiger partial charge >= 0.3 is 0 Å². The maximum absolute atomic E-state index is 11.2. The first kappa shape index (κ1) is 14.4. The maximum atomic E-state index is 11.2. The van der Waals surface area contributed by atoms with Gasteiger partial charge in [0.2, 0.25) is 0 Å². The first-order valence-corrected chi connectivity index (χ1v) is 8.63. The van der Waals surface area contributed by atoms with Crippen LogP contribution in [0.1, 0.15) is 18.1 Å². The Labute approximate surface area is 120 Å². The number of hydrogen-bond donors (Lipinski definition) is 1. The Kier molecular flexibility index (Phi) is 4.23. The van der Waals surface area contributed by atoms with Crippen LogP contribution in [0, 0.1) is 0 Å². The lowest BCUT2D eigenvalue weighted by Crippen LogP contribution is -2.09. The lowest BCUT2D eigenvalue weighted by Gasteiger charge is -2.13. The van der Waals surface area contributed by atoms with Crippen LogP contribution < -0.4 is 0 Å². The number of rotatable bonds is 4. The van der Waals surface area contributed by atoms with Gasteiger partial charge in [0, 0.05) is 27.9 Å². The minimum atomic E-state index is -3.08. The highest BCUT2D eigenvalue weighted by molar-refractivity contribution is 9.10. The van der Waals surface area contributed by atoms with Crippen LogP contribution >= 0.6 is 15.9 Å². The smallest absolute Gasteiger partial charge is 0.147 e. The summed E-state index contributed by atoms with van der Waals surface area (Å²) in [6.45, 7) is 0. The van der Waals surface area contributed by atoms with Gasteiger partial charge in [-0.1, -0.05) is 28.1 Å². The number of nitrogens with zero attached hydrogens (tertiary/aromatic N) is 1. The maximum Gasteiger partial charge on any atom is 0.147 e. The largest absolute Gasteiger partial charge is 0.388 e. The zero-order chi connectivity index (χ0) is 14.0. The van der Waals surface area contributed by atoms with Crippen LogP contribution in [0.25, 0.3) is 10.9 Å². The molecule has 6 heteroatoms. The van der Waals surface area contributed by atoms with Crippen LogP contribution in [0.15, 0.2) is 34.9 Å². The van der Waals surface area contributed by atoms with Gasteiger partial charge in [0.1, 0.15) is 9.84 Å². The summed E-state index contributed by atoms with van der Waals surface area (Å²) in [4.78, 5) is 4.27. The molecule has 1 atom stereocenters. The molecule has 0 bridgehead atoms. The molecular weight excluding hydrogens is 330 g/mol. The predicted octanol–water partition coefficient (Wildman–Crippen LogP) is 2.47. The van der Waals surface area contributed by atoms with Crippen LogP contribution in [0.2, 0.25) is 0 Å². The van der Waals surface area contributed by atoms with Crippen molar-refractivity contribution in [2.45, 2.75) is 12.5 Å². The minimum Gasteiger partial charge on any atom is -0.388 e. The summed E-state index contributed by atoms with van der Waals surface area (Å²) in [6, 6.07) is 7.33. The summed E-state index contributed by atoms with van der Waals surface area (Å²) in [5.41, 5.74) is 1.35. The van der Waals surface area contributed by atoms with Crippen molar-refractivity contribution in [3.05, 3.63) is 40.5 Å². The molecule has 0 aliphatic carbocycles. The van der Waals surface area contributed by atoms with Crippen LogP contribution in [-0.4, -0.2) is 30.5 Å². The quantitative estimate of drug-likeness (QED) is 0.925. The fourth-order valence-electron chi connectivity index (χ4n) is 1.91. The second kappa shape index (κ2) is 5.56. The summed E-state index contributed by atoms with van der Waals surface area (Å²) in [5, 5.41) is 11.1. The van der Waals surface area contributed by atoms with E-state index in [0.29, 0.717) is 11.1 Å². The monoisotopic (exact) mass is 343 g/mol. The second-order valence-corrected chi connectivity index (χ2v) is 7.58. The molecule has 1 unspecified atom stereocenters. The molecule has 1 N–H and O–H groups in total. The lowest BCUT2D eigenvalue weighted by molar-refractivity contribution is 0.175. The predicted molar refractivity (Wildman–Crippen MR) is 78.7 cm³/mol. The van der Waals surface area contributed by atoms with E-state index in [1.807, 2.05) is 18.2 Å². The Hall–Kier alpha value is -0.980. The molecule has 2 aromatic rings. The molecule has 1 aromatic carbocycles. The number of aromatic nitrogens is 1. The van der Waals surface area contributed by atoms with Crippen molar-refractivity contribution in [1.29, 1.82) is 0 Å². The van der Waals surface area contributed by atoms with Crippen LogP contribution in [0.4, 0.5) is 0 Å². The van der Waals surface area contributed by atoms with Crippen LogP contribution in [0.3, 0.4) is 0 Å². The summed E-state index contributed by atoms with van der Waals surface area (Å²) in [7, 11) is -3.08. The molecule has 2 rings (SSSR count). The van der Waals surface area contributed by atoms with E-state index in [9.17, 15) is 13.5 Å². The van der Waals surface area contributed by atoms with E-state index in [1.54, 1.807) is 12.3 Å². The van der Waals surface area contributed by atoms with Gasteiger partial charge in [-0.2, -0.15) is 0 Å². The van der Waals surface area contributed by atoms with E-state index in [2.05, 4.69) is 20.9 Å². The van der Waals surface area contributed by atoms with Gasteiger partial charge in [-0.05, 0) is 18.6 Å². The number of hydrogen-bond acceptors (Lipinski definition) is 4. The number of sulfone groups is 1. The van der Waals surface area contributed by atoms with Crippen molar-refractivity contribution in [2.75, 3.05) is 12.0 Å². The summed E-state index contributed by atoms with van der Waals surface area (Å²) in [5.74, 6) is -0.0431. The second-order valence-electron chi connectivity index (χ2n) is 4.47. The number of pyridine rings is 1. The third-order valence-electron chi connectivity index (χ3n) is 2.87. The van der Waals surface area contributed by atoms with E-state index in [4.69, 9.17) is 0 Å². The van der Waals surface area contributed by atoms with Gasteiger partial charge in [-0.3, -0.25) is 4.98 Å². The first-order chi connectivity index (χ1) is 8.88. The lowest BCUT2D eigenvalue weighted by atomic mass is 10.0. The van der Waals surface area contributed by atoms with Crippen LogP contribution in [0.5, 0.6) is 0 Å². The number of fused-ring (bicyclic) bond motifs is 1. The molecule has 0 spiro atoms. The highest BCUT2D eigenvalue weighted by Crippen LogP contribution is 2.30. The van der Waals surface area contributed by atoms with Gasteiger partial charge in [0.25, 0.3) is 0 Å². The molecule has 0 fully saturated rings. The van der Waals surface area contributed by atoms with Crippen LogP contribution in [-0.2, 0) is 9.84 Å². The fourth-order valence-corrected chi connectivity index (χ4v) is 3.01. The Balaban J connectivity index is 2.37. The topological polar surface area (TPSA) is 67.3 Å². The standard InChI is InChI=1S/C13H14BrNO3S/c1-19(17,18)8-6-12(16)10-4-5-11(14)9-3-2-7-15-13(9)10/h2-5,7,12,16H,6,8H2,1H3. The van der Waals surface area contributed by atoms with Crippen molar-refractivity contribution in [3.8, 4) is 0 Å². The van der Waals surface area contributed by atoms with Crippen molar-refractivity contribution in [1.82, 2.24) is 4.98 Å². The highest BCUT2D eigenvalue weighted by atomic mass is 79.9. The molecule has 4 nitrogen and oxygen atoms in total. The third-order valence-corrected chi connectivity index (χ3v) is 4.54. The fraction of sp³-hybridized carbons (Fsp3) is 0.308. The van der Waals surface area contributed by atoms with Gasteiger partial charge in [-0.25, -0.2) is 8.42 Å². The van der Waals surface area contributed by atoms with Gasteiger partial charge in [-0.15, -0.1) is 0 Å². The Morgan fingerprint density at radius 3 is 2.79 bits per heavy atom. The van der Waals surface area contributed by atoms with Gasteiger partial charge in [0.05, 0.1) is 17.4 Å². The van der Waals surface area contributed by atoms with E-state index >= 15 is 0 Å². The average Bonchev–Trinajstić information content (AvgIpc) is 2.36. The van der Waals surface area contributed by atoms with Gasteiger partial charge < -0.3 is 5.11 Å². The molecule has 0 amide bonds. The minimum absolute atomic E-state index is 0.0431. The van der Waals surface area contributed by atoms with Gasteiger partial charge in [0.15, 0.2) is 0 Å². The molecule has 0 aliphatic rings. The number of halogens is 1. The molecule has 1 aromatic heterocycles. The molecule has 0 aliphatic heterocycles. The number of benzene rings is 1. The molecule has 0 saturated carbocycles. The molecule has 0 saturated heterocycles. The van der Waals surface area contributed by atoms with Crippen molar-refractivity contribution in [3.63, 3.8) is 0 Å². The zero-order valence-electron chi connectivity index (χ0n) is 10.4. The van der Waals surface area contributed by atoms with E-state index in [-0.39, 0.29) is 12.2 Å². The normalized spacial score (nSPS) is 13.6. The van der Waals surface area contributed by atoms with Crippen molar-refractivity contribution >= 4 is 36.7 Å². The summed E-state index contributed by atoms with van der Waals surface area (Å²) in [6.07, 6.45) is 2.16. The number of aliphatic hydroxyl groups excluding tert-OH is 1. The Morgan fingerprint density at radius 2 is 2.11 bits per heavy atom. The molecule has 19 heavy (non-hydrogen) atoms. The molecular formula is C13H14BrNO3S. The highest BCUT2D eigenvalue weighted by Gasteiger charge is 2.15. The Morgan fingerprint density at radius 1 is 1.37 bits per heavy atom. The third kappa shape index (κ3) is 3.52. The molecule has 1 heterocycles. The van der Waals surface area contributed by atoms with Crippen molar-refractivity contribution in [2.24, 2.45) is 0 Å². The molecule has 102 valence electrons. The van der Waals surface area contributed by atoms with E-state index in [0.717, 1.165) is 16.1 Å². The summed E-state index contributed by atoms with van der Waals surface area (Å²) >= 11 is 3.43. The summed E-state index contributed by atoms with van der Waals surface area (Å²) < 4.78 is 23.2. The van der Waals surface area contributed by atoms with E-state index < -0.39 is 15.9 Å². The average molecular weight is 344 g/mol. The van der Waals surface area contributed by atoms with Crippen molar-refractivity contribution < 1.29 is 13.5 Å². The van der Waals surface area contributed by atoms with E-state index in [1.165, 1.54) is 0 Å². The SMILES string of the molecule is CS(=O)(=O)CCC(O)c1ccc(Br)c2cccnc12. The number of aliphatic hydroxyl groups is 1.